The summed E-state index contributed by atoms with van der Waals surface area (Å²) in [5.41, 5.74) is 11.1. The number of amides is 1. The average Bonchev–Trinajstić information content (AvgIpc) is 3.38. The molecule has 0 radical (unpaired) electrons. The Kier molecular flexibility index (Phi) is 11.5. The van der Waals surface area contributed by atoms with E-state index in [1.807, 2.05) is 40.8 Å². The van der Waals surface area contributed by atoms with Gasteiger partial charge in [0.1, 0.15) is 5.60 Å². The van der Waals surface area contributed by atoms with Gasteiger partial charge in [-0.1, -0.05) is 13.0 Å². The van der Waals surface area contributed by atoms with Gasteiger partial charge in [-0.3, -0.25) is 9.88 Å². The van der Waals surface area contributed by atoms with Crippen molar-refractivity contribution in [3.8, 4) is 17.1 Å². The summed E-state index contributed by atoms with van der Waals surface area (Å²) in [5.74, 6) is 0.583. The first kappa shape index (κ1) is 34.6. The first-order chi connectivity index (χ1) is 21.8. The number of carbonyl (C=O) groups is 2. The molecule has 1 atom stereocenters. The lowest BCUT2D eigenvalue weighted by atomic mass is 10.1. The molecule has 250 valence electrons. The number of piperazine rings is 1. The number of anilines is 2. The van der Waals surface area contributed by atoms with E-state index in [-0.39, 0.29) is 6.09 Å². The van der Waals surface area contributed by atoms with E-state index in [0.29, 0.717) is 48.4 Å². The zero-order chi connectivity index (χ0) is 33.4. The van der Waals surface area contributed by atoms with Crippen LogP contribution in [0.15, 0.2) is 36.5 Å². The van der Waals surface area contributed by atoms with Crippen molar-refractivity contribution < 1.29 is 23.8 Å². The molecule has 1 aromatic carbocycles. The van der Waals surface area contributed by atoms with E-state index in [9.17, 15) is 9.59 Å². The summed E-state index contributed by atoms with van der Waals surface area (Å²) in [5, 5.41) is 7.90. The third-order valence-corrected chi connectivity index (χ3v) is 7.80. The van der Waals surface area contributed by atoms with Crippen LogP contribution >= 0.6 is 0 Å². The zero-order valence-corrected chi connectivity index (χ0v) is 28.3. The third-order valence-electron chi connectivity index (χ3n) is 7.80. The predicted octanol–water partition coefficient (Wildman–Crippen LogP) is 5.12. The smallest absolute Gasteiger partial charge is 0.410 e. The summed E-state index contributed by atoms with van der Waals surface area (Å²) in [6.45, 7) is 14.7. The van der Waals surface area contributed by atoms with E-state index in [4.69, 9.17) is 19.9 Å². The maximum atomic E-state index is 12.4. The number of methoxy groups -OCH3 is 1. The van der Waals surface area contributed by atoms with E-state index in [1.165, 1.54) is 12.7 Å². The first-order valence-electron chi connectivity index (χ1n) is 15.9. The Morgan fingerprint density at radius 2 is 1.85 bits per heavy atom. The molecular weight excluding hydrogens is 586 g/mol. The first-order valence-corrected chi connectivity index (χ1v) is 15.9. The Labute approximate surface area is 272 Å². The highest BCUT2D eigenvalue weighted by atomic mass is 16.6. The number of nitrogens with zero attached hydrogens (tertiary/aromatic N) is 5. The van der Waals surface area contributed by atoms with Crippen LogP contribution in [0.1, 0.15) is 62.2 Å². The van der Waals surface area contributed by atoms with Crippen LogP contribution in [0.2, 0.25) is 0 Å². The quantitative estimate of drug-likeness (QED) is 0.157. The number of nitrogens with two attached hydrogens (primary N) is 1. The van der Waals surface area contributed by atoms with Crippen molar-refractivity contribution >= 4 is 23.4 Å². The SMILES string of the molecule is COC(=O)c1cc(C)nc(-c2cnn(C)c2OCCCC(C)CNc2cc(CN3CCN(C(=O)OC(C)(C)C)CC3)ccc2N)c1. The molecule has 1 amide bonds. The second-order valence-corrected chi connectivity index (χ2v) is 13.0. The highest BCUT2D eigenvalue weighted by molar-refractivity contribution is 5.90. The number of pyridine rings is 1. The number of esters is 1. The highest BCUT2D eigenvalue weighted by Gasteiger charge is 2.26. The third kappa shape index (κ3) is 9.59. The normalized spacial score (nSPS) is 14.5. The summed E-state index contributed by atoms with van der Waals surface area (Å²) >= 11 is 0. The maximum absolute atomic E-state index is 12.4. The second-order valence-electron chi connectivity index (χ2n) is 13.0. The van der Waals surface area contributed by atoms with Crippen molar-refractivity contribution in [1.82, 2.24) is 24.6 Å². The Balaban J connectivity index is 1.23. The molecule has 0 aliphatic carbocycles. The van der Waals surface area contributed by atoms with Gasteiger partial charge in [0.15, 0.2) is 0 Å². The lowest BCUT2D eigenvalue weighted by Crippen LogP contribution is -2.49. The molecule has 3 N–H and O–H groups in total. The standard InChI is InChI=1S/C34H49N7O5/c1-23(9-8-16-45-31-27(21-37-39(31)6)29-19-26(32(42)44-7)17-24(2)38-29)20-36-30-18-25(10-11-28(30)35)22-40-12-14-41(15-13-40)33(43)46-34(3,4)5/h10-11,17-19,21,23,36H,8-9,12-16,20,22,35H2,1-7H3. The number of ether oxygens (including phenoxy) is 3. The van der Waals surface area contributed by atoms with Crippen LogP contribution in [0.4, 0.5) is 16.2 Å². The second kappa shape index (κ2) is 15.3. The minimum Gasteiger partial charge on any atom is -0.477 e. The van der Waals surface area contributed by atoms with Crippen molar-refractivity contribution in [1.29, 1.82) is 0 Å². The summed E-state index contributed by atoms with van der Waals surface area (Å²) in [6, 6.07) is 9.54. The molecule has 0 spiro atoms. The molecule has 1 fully saturated rings. The molecule has 1 aliphatic heterocycles. The Morgan fingerprint density at radius 1 is 1.11 bits per heavy atom. The molecule has 3 heterocycles. The number of hydrogen-bond acceptors (Lipinski definition) is 10. The molecule has 1 aliphatic rings. The van der Waals surface area contributed by atoms with Gasteiger partial charge in [0.2, 0.25) is 5.88 Å². The molecule has 12 heteroatoms. The van der Waals surface area contributed by atoms with E-state index in [2.05, 4.69) is 39.4 Å². The van der Waals surface area contributed by atoms with Gasteiger partial charge in [0.05, 0.1) is 48.1 Å². The number of benzene rings is 1. The fourth-order valence-corrected chi connectivity index (χ4v) is 5.33. The molecule has 0 saturated carbocycles. The van der Waals surface area contributed by atoms with Crippen LogP contribution in [0.5, 0.6) is 5.88 Å². The molecule has 0 bridgehead atoms. The van der Waals surface area contributed by atoms with Gasteiger partial charge >= 0.3 is 12.1 Å². The van der Waals surface area contributed by atoms with Gasteiger partial charge in [-0.15, -0.1) is 0 Å². The number of hydrogen-bond donors (Lipinski definition) is 2. The largest absolute Gasteiger partial charge is 0.477 e. The summed E-state index contributed by atoms with van der Waals surface area (Å²) in [7, 11) is 3.19. The van der Waals surface area contributed by atoms with Gasteiger partial charge in [0.25, 0.3) is 0 Å². The number of rotatable bonds is 12. The average molecular weight is 636 g/mol. The molecule has 3 aromatic rings. The number of nitrogen functional groups attached to an aromatic ring is 1. The fourth-order valence-electron chi connectivity index (χ4n) is 5.33. The van der Waals surface area contributed by atoms with Crippen LogP contribution in [0.3, 0.4) is 0 Å². The van der Waals surface area contributed by atoms with Gasteiger partial charge in [-0.2, -0.15) is 5.10 Å². The number of carbonyl (C=O) groups excluding carboxylic acids is 2. The summed E-state index contributed by atoms with van der Waals surface area (Å²) < 4.78 is 18.2. The topological polar surface area (TPSA) is 137 Å². The summed E-state index contributed by atoms with van der Waals surface area (Å²) in [4.78, 5) is 33.2. The Hall–Kier alpha value is -4.32. The Bertz CT molecular complexity index is 1490. The molecule has 2 aromatic heterocycles. The zero-order valence-electron chi connectivity index (χ0n) is 28.3. The van der Waals surface area contributed by atoms with Crippen molar-refractivity contribution in [3.05, 3.63) is 53.3 Å². The van der Waals surface area contributed by atoms with Gasteiger partial charge < -0.3 is 30.2 Å². The van der Waals surface area contributed by atoms with Crippen LogP contribution in [0, 0.1) is 12.8 Å². The minimum absolute atomic E-state index is 0.247. The van der Waals surface area contributed by atoms with Crippen LogP contribution in [-0.2, 0) is 23.1 Å². The van der Waals surface area contributed by atoms with Crippen LogP contribution in [-0.4, -0.2) is 88.7 Å². The maximum Gasteiger partial charge on any atom is 0.410 e. The van der Waals surface area contributed by atoms with Gasteiger partial charge in [-0.25, -0.2) is 14.3 Å². The number of aromatic nitrogens is 3. The van der Waals surface area contributed by atoms with E-state index in [1.54, 1.807) is 27.9 Å². The lowest BCUT2D eigenvalue weighted by Gasteiger charge is -2.35. The van der Waals surface area contributed by atoms with E-state index in [0.717, 1.165) is 56.0 Å². The van der Waals surface area contributed by atoms with Crippen LogP contribution in [0.25, 0.3) is 11.3 Å². The molecule has 46 heavy (non-hydrogen) atoms. The van der Waals surface area contributed by atoms with E-state index >= 15 is 0 Å². The Morgan fingerprint density at radius 3 is 2.54 bits per heavy atom. The van der Waals surface area contributed by atoms with Crippen molar-refractivity contribution in [2.75, 3.05) is 57.5 Å². The monoisotopic (exact) mass is 635 g/mol. The van der Waals surface area contributed by atoms with Crippen molar-refractivity contribution in [2.24, 2.45) is 13.0 Å². The van der Waals surface area contributed by atoms with Gasteiger partial charge in [0, 0.05) is 52.0 Å². The molecule has 4 rings (SSSR count). The number of aryl methyl sites for hydroxylation is 2. The molecule has 12 nitrogen and oxygen atoms in total. The predicted molar refractivity (Wildman–Crippen MR) is 179 cm³/mol. The van der Waals surface area contributed by atoms with Crippen molar-refractivity contribution in [3.63, 3.8) is 0 Å². The van der Waals surface area contributed by atoms with Gasteiger partial charge in [-0.05, 0) is 76.3 Å². The van der Waals surface area contributed by atoms with E-state index < -0.39 is 11.6 Å². The fraction of sp³-hybridized carbons (Fsp3) is 0.529. The molecule has 1 saturated heterocycles. The molecule has 1 unspecified atom stereocenters. The lowest BCUT2D eigenvalue weighted by molar-refractivity contribution is 0.0139. The molecular formula is C34H49N7O5. The van der Waals surface area contributed by atoms with Crippen molar-refractivity contribution in [2.45, 2.75) is 59.6 Å². The highest BCUT2D eigenvalue weighted by Crippen LogP contribution is 2.30. The number of nitrogens with one attached hydrogen (secondary N) is 1. The summed E-state index contributed by atoms with van der Waals surface area (Å²) in [6.07, 6.45) is 3.26. The minimum atomic E-state index is -0.490. The van der Waals surface area contributed by atoms with Crippen LogP contribution < -0.4 is 15.8 Å².